The Morgan fingerprint density at radius 1 is 1.15 bits per heavy atom. The van der Waals surface area contributed by atoms with Gasteiger partial charge in [-0.3, -0.25) is 4.79 Å². The molecular formula is C16H18N2O2. The molecular weight excluding hydrogens is 252 g/mol. The second kappa shape index (κ2) is 6.01. The van der Waals surface area contributed by atoms with Gasteiger partial charge in [0.05, 0.1) is 24.1 Å². The van der Waals surface area contributed by atoms with E-state index in [-0.39, 0.29) is 6.10 Å². The highest BCUT2D eigenvalue weighted by Crippen LogP contribution is 2.19. The Hall–Kier alpha value is -1.94. The SMILES string of the molecule is O=C1CCC(OCc2ccn(-c3ccccc3)n2)CC1. The number of ketones is 1. The maximum atomic E-state index is 11.2. The van der Waals surface area contributed by atoms with Crippen LogP contribution in [0.25, 0.3) is 5.69 Å². The first-order valence-corrected chi connectivity index (χ1v) is 7.04. The summed E-state index contributed by atoms with van der Waals surface area (Å²) in [6.07, 6.45) is 5.15. The molecule has 0 aliphatic heterocycles. The van der Waals surface area contributed by atoms with Crippen LogP contribution in [0.1, 0.15) is 31.4 Å². The number of rotatable bonds is 4. The summed E-state index contributed by atoms with van der Waals surface area (Å²) in [4.78, 5) is 11.2. The highest BCUT2D eigenvalue weighted by atomic mass is 16.5. The zero-order valence-corrected chi connectivity index (χ0v) is 11.4. The van der Waals surface area contributed by atoms with Gasteiger partial charge in [-0.25, -0.2) is 4.68 Å². The third kappa shape index (κ3) is 3.14. The van der Waals surface area contributed by atoms with Crippen LogP contribution in [0.5, 0.6) is 0 Å². The van der Waals surface area contributed by atoms with Gasteiger partial charge in [-0.1, -0.05) is 18.2 Å². The first-order valence-electron chi connectivity index (χ1n) is 7.04. The Morgan fingerprint density at radius 3 is 2.65 bits per heavy atom. The summed E-state index contributed by atoms with van der Waals surface area (Å²) in [5.41, 5.74) is 1.97. The third-order valence-corrected chi connectivity index (χ3v) is 3.62. The van der Waals surface area contributed by atoms with Crippen molar-refractivity contribution in [1.82, 2.24) is 9.78 Å². The quantitative estimate of drug-likeness (QED) is 0.858. The van der Waals surface area contributed by atoms with Gasteiger partial charge >= 0.3 is 0 Å². The van der Waals surface area contributed by atoms with Gasteiger partial charge in [0.25, 0.3) is 0 Å². The zero-order valence-electron chi connectivity index (χ0n) is 11.4. The molecule has 1 heterocycles. The molecule has 4 nitrogen and oxygen atoms in total. The number of ether oxygens (including phenoxy) is 1. The fraction of sp³-hybridized carbons (Fsp3) is 0.375. The summed E-state index contributed by atoms with van der Waals surface area (Å²) >= 11 is 0. The Kier molecular flexibility index (Phi) is 3.92. The molecule has 20 heavy (non-hydrogen) atoms. The monoisotopic (exact) mass is 270 g/mol. The van der Waals surface area contributed by atoms with Gasteiger partial charge in [-0.2, -0.15) is 5.10 Å². The minimum atomic E-state index is 0.203. The van der Waals surface area contributed by atoms with Crippen molar-refractivity contribution in [1.29, 1.82) is 0 Å². The van der Waals surface area contributed by atoms with Gasteiger partial charge in [-0.05, 0) is 31.0 Å². The number of hydrogen-bond acceptors (Lipinski definition) is 3. The molecule has 1 aromatic heterocycles. The normalized spacial score (nSPS) is 16.5. The molecule has 3 rings (SSSR count). The van der Waals surface area contributed by atoms with E-state index >= 15 is 0 Å². The first kappa shape index (κ1) is 13.1. The molecule has 4 heteroatoms. The van der Waals surface area contributed by atoms with E-state index in [0.717, 1.165) is 24.2 Å². The van der Waals surface area contributed by atoms with Gasteiger partial charge < -0.3 is 4.74 Å². The summed E-state index contributed by atoms with van der Waals surface area (Å²) in [5, 5.41) is 4.50. The van der Waals surface area contributed by atoms with Gasteiger partial charge in [-0.15, -0.1) is 0 Å². The zero-order chi connectivity index (χ0) is 13.8. The fourth-order valence-corrected chi connectivity index (χ4v) is 2.45. The predicted octanol–water partition coefficient (Wildman–Crippen LogP) is 2.90. The first-order chi connectivity index (χ1) is 9.81. The van der Waals surface area contributed by atoms with Crippen LogP contribution < -0.4 is 0 Å². The highest BCUT2D eigenvalue weighted by molar-refractivity contribution is 5.79. The maximum absolute atomic E-state index is 11.2. The van der Waals surface area contributed by atoms with Crippen molar-refractivity contribution >= 4 is 5.78 Å². The number of carbonyl (C=O) groups excluding carboxylic acids is 1. The lowest BCUT2D eigenvalue weighted by molar-refractivity contribution is -0.123. The van der Waals surface area contributed by atoms with Gasteiger partial charge in [0.1, 0.15) is 5.78 Å². The number of para-hydroxylation sites is 1. The molecule has 0 unspecified atom stereocenters. The molecule has 104 valence electrons. The van der Waals surface area contributed by atoms with Gasteiger partial charge in [0.2, 0.25) is 0 Å². The molecule has 1 aliphatic rings. The minimum Gasteiger partial charge on any atom is -0.372 e. The Balaban J connectivity index is 1.57. The van der Waals surface area contributed by atoms with Crippen molar-refractivity contribution in [3.63, 3.8) is 0 Å². The van der Waals surface area contributed by atoms with Crippen molar-refractivity contribution in [2.45, 2.75) is 38.4 Å². The highest BCUT2D eigenvalue weighted by Gasteiger charge is 2.19. The largest absolute Gasteiger partial charge is 0.372 e. The van der Waals surface area contributed by atoms with Crippen molar-refractivity contribution in [3.05, 3.63) is 48.3 Å². The summed E-state index contributed by atoms with van der Waals surface area (Å²) < 4.78 is 7.69. The Morgan fingerprint density at radius 2 is 1.90 bits per heavy atom. The molecule has 0 saturated heterocycles. The molecule has 0 bridgehead atoms. The summed E-state index contributed by atoms with van der Waals surface area (Å²) in [5.74, 6) is 0.359. The lowest BCUT2D eigenvalue weighted by atomic mass is 9.96. The van der Waals surface area contributed by atoms with E-state index < -0.39 is 0 Å². The van der Waals surface area contributed by atoms with E-state index in [9.17, 15) is 4.79 Å². The van der Waals surface area contributed by atoms with Crippen LogP contribution in [0.2, 0.25) is 0 Å². The standard InChI is InChI=1S/C16H18N2O2/c19-15-6-8-16(9-7-15)20-12-13-10-11-18(17-13)14-4-2-1-3-5-14/h1-5,10-11,16H,6-9,12H2. The van der Waals surface area contributed by atoms with Crippen LogP contribution in [0.15, 0.2) is 42.6 Å². The Labute approximate surface area is 118 Å². The summed E-state index contributed by atoms with van der Waals surface area (Å²) in [6.45, 7) is 0.513. The van der Waals surface area contributed by atoms with Crippen LogP contribution in [0, 0.1) is 0 Å². The van der Waals surface area contributed by atoms with Gasteiger partial charge in [0, 0.05) is 19.0 Å². The molecule has 1 saturated carbocycles. The lowest BCUT2D eigenvalue weighted by Crippen LogP contribution is -2.21. The van der Waals surface area contributed by atoms with E-state index in [2.05, 4.69) is 5.10 Å². The van der Waals surface area contributed by atoms with Crippen molar-refractivity contribution in [2.75, 3.05) is 0 Å². The molecule has 1 aromatic carbocycles. The second-order valence-electron chi connectivity index (χ2n) is 5.14. The van der Waals surface area contributed by atoms with Crippen molar-refractivity contribution in [3.8, 4) is 5.69 Å². The topological polar surface area (TPSA) is 44.1 Å². The lowest BCUT2D eigenvalue weighted by Gasteiger charge is -2.20. The Bertz CT molecular complexity index is 567. The van der Waals surface area contributed by atoms with Crippen LogP contribution in [-0.2, 0) is 16.1 Å². The maximum Gasteiger partial charge on any atom is 0.133 e. The third-order valence-electron chi connectivity index (χ3n) is 3.62. The van der Waals surface area contributed by atoms with Crippen LogP contribution in [-0.4, -0.2) is 21.7 Å². The van der Waals surface area contributed by atoms with Crippen LogP contribution in [0.4, 0.5) is 0 Å². The van der Waals surface area contributed by atoms with E-state index in [1.54, 1.807) is 0 Å². The van der Waals surface area contributed by atoms with E-state index in [1.807, 2.05) is 47.3 Å². The molecule has 0 radical (unpaired) electrons. The average Bonchev–Trinajstić information content (AvgIpc) is 2.97. The van der Waals surface area contributed by atoms with E-state index in [1.165, 1.54) is 0 Å². The van der Waals surface area contributed by atoms with Crippen molar-refractivity contribution < 1.29 is 9.53 Å². The molecule has 0 amide bonds. The number of hydrogen-bond donors (Lipinski definition) is 0. The van der Waals surface area contributed by atoms with Crippen LogP contribution in [0.3, 0.4) is 0 Å². The molecule has 2 aromatic rings. The minimum absolute atomic E-state index is 0.203. The summed E-state index contributed by atoms with van der Waals surface area (Å²) in [6, 6.07) is 12.0. The number of Topliss-reactive ketones (excluding diaryl/α,β-unsaturated/α-hetero) is 1. The van der Waals surface area contributed by atoms with Gasteiger partial charge in [0.15, 0.2) is 0 Å². The fourth-order valence-electron chi connectivity index (χ4n) is 2.45. The molecule has 0 spiro atoms. The smallest absolute Gasteiger partial charge is 0.133 e. The summed E-state index contributed by atoms with van der Waals surface area (Å²) in [7, 11) is 0. The predicted molar refractivity (Wildman–Crippen MR) is 75.6 cm³/mol. The van der Waals surface area contributed by atoms with E-state index in [4.69, 9.17) is 4.74 Å². The van der Waals surface area contributed by atoms with E-state index in [0.29, 0.717) is 25.2 Å². The molecule has 1 aliphatic carbocycles. The van der Waals surface area contributed by atoms with Crippen molar-refractivity contribution in [2.24, 2.45) is 0 Å². The molecule has 0 atom stereocenters. The molecule has 0 N–H and O–H groups in total. The second-order valence-corrected chi connectivity index (χ2v) is 5.14. The number of nitrogens with zero attached hydrogens (tertiary/aromatic N) is 2. The van der Waals surface area contributed by atoms with Crippen LogP contribution >= 0.6 is 0 Å². The number of benzene rings is 1. The average molecular weight is 270 g/mol. The number of carbonyl (C=O) groups is 1. The number of aromatic nitrogens is 2. The molecule has 1 fully saturated rings.